The number of aliphatic imine (C=N–C) groups is 1. The Kier molecular flexibility index (Phi) is 7.49. The zero-order valence-electron chi connectivity index (χ0n) is 16.8. The lowest BCUT2D eigenvalue weighted by atomic mass is 10.2. The van der Waals surface area contributed by atoms with Crippen LogP contribution in [0.3, 0.4) is 0 Å². The van der Waals surface area contributed by atoms with E-state index in [9.17, 15) is 0 Å². The van der Waals surface area contributed by atoms with Gasteiger partial charge in [0.05, 0.1) is 6.61 Å². The van der Waals surface area contributed by atoms with Gasteiger partial charge in [-0.05, 0) is 29.8 Å². The number of aromatic nitrogens is 1. The summed E-state index contributed by atoms with van der Waals surface area (Å²) in [6, 6.07) is 14.5. The second-order valence-electron chi connectivity index (χ2n) is 6.68. The van der Waals surface area contributed by atoms with Gasteiger partial charge in [0, 0.05) is 65.3 Å². The molecule has 1 fully saturated rings. The lowest BCUT2D eigenvalue weighted by molar-refractivity contribution is 0.211. The van der Waals surface area contributed by atoms with E-state index >= 15 is 0 Å². The molecule has 2 aromatic rings. The number of benzene rings is 1. The molecule has 28 heavy (non-hydrogen) atoms. The second-order valence-corrected chi connectivity index (χ2v) is 6.68. The Hall–Kier alpha value is -2.80. The number of hydrogen-bond donors (Lipinski definition) is 2. The smallest absolute Gasteiger partial charge is 0.194 e. The minimum atomic E-state index is 0.702. The molecular weight excluding hydrogens is 352 g/mol. The maximum absolute atomic E-state index is 5.06. The first-order valence-corrected chi connectivity index (χ1v) is 9.73. The van der Waals surface area contributed by atoms with Crippen LogP contribution in [0.15, 0.2) is 53.7 Å². The van der Waals surface area contributed by atoms with E-state index in [1.807, 2.05) is 25.4 Å². The standard InChI is InChI=1S/C21H30N6O/c1-22-21(25-17-18-6-8-19(9-7-18)23-11-16-28-2)27-14-12-26(13-15-27)20-5-3-4-10-24-20/h3-10,23H,11-17H2,1-2H3,(H,22,25). The van der Waals surface area contributed by atoms with Crippen LogP contribution in [0.2, 0.25) is 0 Å². The van der Waals surface area contributed by atoms with Crippen LogP contribution in [0.25, 0.3) is 0 Å². The van der Waals surface area contributed by atoms with E-state index in [0.29, 0.717) is 6.61 Å². The van der Waals surface area contributed by atoms with Crippen LogP contribution in [0, 0.1) is 0 Å². The first kappa shape index (κ1) is 19.9. The van der Waals surface area contributed by atoms with Crippen LogP contribution in [-0.2, 0) is 11.3 Å². The molecule has 1 saturated heterocycles. The Labute approximate surface area is 167 Å². The number of nitrogens with one attached hydrogen (secondary N) is 2. The molecule has 0 aliphatic carbocycles. The highest BCUT2D eigenvalue weighted by Gasteiger charge is 2.20. The normalized spacial score (nSPS) is 14.9. The van der Waals surface area contributed by atoms with Gasteiger partial charge in [0.15, 0.2) is 5.96 Å². The van der Waals surface area contributed by atoms with Gasteiger partial charge in [-0.2, -0.15) is 0 Å². The predicted octanol–water partition coefficient (Wildman–Crippen LogP) is 2.04. The third-order valence-corrected chi connectivity index (χ3v) is 4.80. The summed E-state index contributed by atoms with van der Waals surface area (Å²) in [5, 5.41) is 6.81. The van der Waals surface area contributed by atoms with Crippen molar-refractivity contribution in [2.75, 3.05) is 63.7 Å². The van der Waals surface area contributed by atoms with Gasteiger partial charge in [-0.1, -0.05) is 18.2 Å². The molecule has 0 radical (unpaired) electrons. The van der Waals surface area contributed by atoms with Crippen LogP contribution in [-0.4, -0.2) is 69.3 Å². The molecule has 0 unspecified atom stereocenters. The molecule has 0 spiro atoms. The van der Waals surface area contributed by atoms with Gasteiger partial charge in [-0.25, -0.2) is 4.98 Å². The summed E-state index contributed by atoms with van der Waals surface area (Å²) in [5.74, 6) is 1.99. The van der Waals surface area contributed by atoms with Crippen LogP contribution in [0.4, 0.5) is 11.5 Å². The van der Waals surface area contributed by atoms with Crippen molar-refractivity contribution in [2.24, 2.45) is 4.99 Å². The number of anilines is 2. The summed E-state index contributed by atoms with van der Waals surface area (Å²) < 4.78 is 5.06. The van der Waals surface area contributed by atoms with Gasteiger partial charge in [0.1, 0.15) is 5.82 Å². The molecule has 7 nitrogen and oxygen atoms in total. The van der Waals surface area contributed by atoms with E-state index in [-0.39, 0.29) is 0 Å². The number of ether oxygens (including phenoxy) is 1. The van der Waals surface area contributed by atoms with Crippen molar-refractivity contribution < 1.29 is 4.74 Å². The highest BCUT2D eigenvalue weighted by molar-refractivity contribution is 5.80. The molecule has 0 bridgehead atoms. The number of guanidine groups is 1. The first-order chi connectivity index (χ1) is 13.8. The van der Waals surface area contributed by atoms with Crippen molar-refractivity contribution in [3.63, 3.8) is 0 Å². The molecule has 0 atom stereocenters. The number of pyridine rings is 1. The Morgan fingerprint density at radius 3 is 2.54 bits per heavy atom. The number of methoxy groups -OCH3 is 1. The molecular formula is C21H30N6O. The zero-order valence-corrected chi connectivity index (χ0v) is 16.8. The molecule has 0 amide bonds. The summed E-state index contributed by atoms with van der Waals surface area (Å²) in [5.41, 5.74) is 2.33. The number of piperazine rings is 1. The molecule has 0 saturated carbocycles. The minimum Gasteiger partial charge on any atom is -0.383 e. The monoisotopic (exact) mass is 382 g/mol. The highest BCUT2D eigenvalue weighted by Crippen LogP contribution is 2.13. The first-order valence-electron chi connectivity index (χ1n) is 9.73. The number of nitrogens with zero attached hydrogens (tertiary/aromatic N) is 4. The van der Waals surface area contributed by atoms with Crippen molar-refractivity contribution in [2.45, 2.75) is 6.54 Å². The molecule has 7 heteroatoms. The van der Waals surface area contributed by atoms with Gasteiger partial charge in [-0.3, -0.25) is 4.99 Å². The van der Waals surface area contributed by atoms with Crippen LogP contribution in [0.5, 0.6) is 0 Å². The molecule has 1 aliphatic rings. The van der Waals surface area contributed by atoms with E-state index in [1.54, 1.807) is 7.11 Å². The van der Waals surface area contributed by atoms with E-state index in [1.165, 1.54) is 5.56 Å². The Balaban J connectivity index is 1.46. The summed E-state index contributed by atoms with van der Waals surface area (Å²) in [4.78, 5) is 13.5. The summed E-state index contributed by atoms with van der Waals surface area (Å²) in [7, 11) is 3.55. The second kappa shape index (κ2) is 10.5. The summed E-state index contributed by atoms with van der Waals surface area (Å²) >= 11 is 0. The van der Waals surface area contributed by atoms with E-state index in [4.69, 9.17) is 4.74 Å². The molecule has 2 heterocycles. The van der Waals surface area contributed by atoms with Crippen molar-refractivity contribution in [1.29, 1.82) is 0 Å². The van der Waals surface area contributed by atoms with Crippen molar-refractivity contribution in [1.82, 2.24) is 15.2 Å². The fourth-order valence-electron chi connectivity index (χ4n) is 3.24. The van der Waals surface area contributed by atoms with E-state index in [0.717, 1.165) is 56.7 Å². The van der Waals surface area contributed by atoms with Crippen molar-refractivity contribution in [3.05, 3.63) is 54.2 Å². The highest BCUT2D eigenvalue weighted by atomic mass is 16.5. The van der Waals surface area contributed by atoms with Crippen molar-refractivity contribution >= 4 is 17.5 Å². The average Bonchev–Trinajstić information content (AvgIpc) is 2.76. The molecule has 150 valence electrons. The minimum absolute atomic E-state index is 0.702. The summed E-state index contributed by atoms with van der Waals surface area (Å²) in [6.07, 6.45) is 1.85. The van der Waals surface area contributed by atoms with Crippen LogP contribution >= 0.6 is 0 Å². The van der Waals surface area contributed by atoms with Crippen molar-refractivity contribution in [3.8, 4) is 0 Å². The fraction of sp³-hybridized carbons (Fsp3) is 0.429. The maximum atomic E-state index is 5.06. The lowest BCUT2D eigenvalue weighted by Crippen LogP contribution is -2.52. The molecule has 1 aromatic heterocycles. The maximum Gasteiger partial charge on any atom is 0.194 e. The molecule has 2 N–H and O–H groups in total. The topological polar surface area (TPSA) is 65.0 Å². The molecule has 1 aromatic carbocycles. The third kappa shape index (κ3) is 5.60. The van der Waals surface area contributed by atoms with Crippen LogP contribution in [0.1, 0.15) is 5.56 Å². The van der Waals surface area contributed by atoms with Gasteiger partial charge in [-0.15, -0.1) is 0 Å². The SMILES string of the molecule is CN=C(NCc1ccc(NCCOC)cc1)N1CCN(c2ccccn2)CC1. The predicted molar refractivity (Wildman–Crippen MR) is 115 cm³/mol. The Bertz CT molecular complexity index is 726. The van der Waals surface area contributed by atoms with E-state index < -0.39 is 0 Å². The quantitative estimate of drug-likeness (QED) is 0.434. The van der Waals surface area contributed by atoms with Crippen LogP contribution < -0.4 is 15.5 Å². The largest absolute Gasteiger partial charge is 0.383 e. The van der Waals surface area contributed by atoms with E-state index in [2.05, 4.69) is 60.7 Å². The van der Waals surface area contributed by atoms with Gasteiger partial charge in [0.25, 0.3) is 0 Å². The Morgan fingerprint density at radius 1 is 1.11 bits per heavy atom. The molecule has 3 rings (SSSR count). The zero-order chi connectivity index (χ0) is 19.6. The third-order valence-electron chi connectivity index (χ3n) is 4.80. The Morgan fingerprint density at radius 2 is 1.89 bits per heavy atom. The number of hydrogen-bond acceptors (Lipinski definition) is 5. The number of rotatable bonds is 7. The van der Waals surface area contributed by atoms with Gasteiger partial charge < -0.3 is 25.2 Å². The van der Waals surface area contributed by atoms with Gasteiger partial charge in [0.2, 0.25) is 0 Å². The average molecular weight is 383 g/mol. The van der Waals surface area contributed by atoms with Gasteiger partial charge >= 0.3 is 0 Å². The summed E-state index contributed by atoms with van der Waals surface area (Å²) in [6.45, 7) is 6.01. The molecule has 1 aliphatic heterocycles. The fourth-order valence-corrected chi connectivity index (χ4v) is 3.24. The lowest BCUT2D eigenvalue weighted by Gasteiger charge is -2.37.